The van der Waals surface area contributed by atoms with Crippen molar-refractivity contribution < 1.29 is 9.53 Å². The van der Waals surface area contributed by atoms with Gasteiger partial charge in [-0.15, -0.1) is 0 Å². The van der Waals surface area contributed by atoms with E-state index >= 15 is 0 Å². The number of aromatic nitrogens is 1. The summed E-state index contributed by atoms with van der Waals surface area (Å²) in [5.74, 6) is 0.883. The van der Waals surface area contributed by atoms with E-state index in [-0.39, 0.29) is 11.5 Å². The molecule has 0 radical (unpaired) electrons. The third-order valence-electron chi connectivity index (χ3n) is 6.11. The number of pyridine rings is 1. The Labute approximate surface area is 176 Å². The molecule has 1 unspecified atom stereocenters. The summed E-state index contributed by atoms with van der Waals surface area (Å²) < 4.78 is 6.14. The molecule has 5 heteroatoms. The third-order valence-corrected chi connectivity index (χ3v) is 6.11. The molecule has 2 aromatic carbocycles. The molecule has 5 nitrogen and oxygen atoms in total. The van der Waals surface area contributed by atoms with Crippen molar-refractivity contribution in [1.29, 1.82) is 0 Å². The summed E-state index contributed by atoms with van der Waals surface area (Å²) in [6.45, 7) is 4.98. The molecule has 30 heavy (non-hydrogen) atoms. The molecule has 0 spiro atoms. The first-order valence-electron chi connectivity index (χ1n) is 10.4. The molecule has 152 valence electrons. The second-order valence-electron chi connectivity index (χ2n) is 8.11. The second kappa shape index (κ2) is 7.58. The largest absolute Gasteiger partial charge is 0.367 e. The minimum Gasteiger partial charge on any atom is -0.367 e. The highest BCUT2D eigenvalue weighted by Crippen LogP contribution is 2.32. The Morgan fingerprint density at radius 2 is 1.80 bits per heavy atom. The van der Waals surface area contributed by atoms with Gasteiger partial charge in [0.2, 0.25) is 0 Å². The van der Waals surface area contributed by atoms with Crippen molar-refractivity contribution in [3.63, 3.8) is 0 Å². The smallest absolute Gasteiger partial charge is 0.259 e. The fourth-order valence-electron chi connectivity index (χ4n) is 4.44. The van der Waals surface area contributed by atoms with Crippen LogP contribution in [0, 0.1) is 0 Å². The second-order valence-corrected chi connectivity index (χ2v) is 8.11. The molecule has 3 aromatic rings. The van der Waals surface area contributed by atoms with Gasteiger partial charge in [-0.3, -0.25) is 4.79 Å². The van der Waals surface area contributed by atoms with Crippen LogP contribution in [-0.2, 0) is 16.8 Å². The normalized spacial score (nSPS) is 20.8. The SMILES string of the molecule is CC1(c2ccccc2)CN(c2ccc(C(=O)N3CCc4ccccc43)cn2)CCO1. The maximum Gasteiger partial charge on any atom is 0.259 e. The number of fused-ring (bicyclic) bond motifs is 1. The quantitative estimate of drug-likeness (QED) is 0.667. The monoisotopic (exact) mass is 399 g/mol. The fraction of sp³-hybridized carbons (Fsp3) is 0.280. The first kappa shape index (κ1) is 18.8. The number of hydrogen-bond donors (Lipinski definition) is 0. The van der Waals surface area contributed by atoms with Crippen molar-refractivity contribution in [3.05, 3.63) is 89.6 Å². The van der Waals surface area contributed by atoms with Crippen LogP contribution in [0.3, 0.4) is 0 Å². The number of amides is 1. The fourth-order valence-corrected chi connectivity index (χ4v) is 4.44. The third kappa shape index (κ3) is 3.35. The van der Waals surface area contributed by atoms with Crippen molar-refractivity contribution in [2.75, 3.05) is 36.0 Å². The number of hydrogen-bond acceptors (Lipinski definition) is 4. The zero-order chi connectivity index (χ0) is 20.6. The van der Waals surface area contributed by atoms with Gasteiger partial charge in [-0.25, -0.2) is 4.98 Å². The number of anilines is 2. The van der Waals surface area contributed by atoms with E-state index in [0.29, 0.717) is 12.2 Å². The van der Waals surface area contributed by atoms with Crippen LogP contribution in [0.5, 0.6) is 0 Å². The van der Waals surface area contributed by atoms with E-state index in [9.17, 15) is 4.79 Å². The topological polar surface area (TPSA) is 45.7 Å². The zero-order valence-electron chi connectivity index (χ0n) is 17.1. The number of para-hydroxylation sites is 1. The molecule has 1 amide bonds. The minimum absolute atomic E-state index is 0.00935. The van der Waals surface area contributed by atoms with Gasteiger partial charge in [0, 0.05) is 25.0 Å². The minimum atomic E-state index is -0.380. The molecule has 1 atom stereocenters. The summed E-state index contributed by atoms with van der Waals surface area (Å²) >= 11 is 0. The summed E-state index contributed by atoms with van der Waals surface area (Å²) in [6, 6.07) is 22.3. The van der Waals surface area contributed by atoms with Crippen molar-refractivity contribution in [2.45, 2.75) is 18.9 Å². The Balaban J connectivity index is 1.33. The number of carbonyl (C=O) groups is 1. The average Bonchev–Trinajstić information content (AvgIpc) is 3.24. The number of morpholine rings is 1. The Morgan fingerprint density at radius 3 is 2.60 bits per heavy atom. The van der Waals surface area contributed by atoms with Crippen LogP contribution < -0.4 is 9.80 Å². The Hall–Kier alpha value is -3.18. The lowest BCUT2D eigenvalue weighted by Gasteiger charge is -2.41. The molecule has 2 aliphatic rings. The number of benzene rings is 2. The zero-order valence-corrected chi connectivity index (χ0v) is 17.1. The molecule has 0 saturated carbocycles. The molecule has 0 bridgehead atoms. The molecule has 2 aliphatic heterocycles. The van der Waals surface area contributed by atoms with E-state index in [1.807, 2.05) is 53.4 Å². The molecular weight excluding hydrogens is 374 g/mol. The standard InChI is InChI=1S/C25H25N3O2/c1-25(21-8-3-2-4-9-21)18-27(15-16-30-25)23-12-11-20(17-26-23)24(29)28-14-13-19-7-5-6-10-22(19)28/h2-12,17H,13-16,18H2,1H3. The molecule has 0 aliphatic carbocycles. The first-order chi connectivity index (χ1) is 14.6. The van der Waals surface area contributed by atoms with Crippen LogP contribution in [0.25, 0.3) is 0 Å². The van der Waals surface area contributed by atoms with Gasteiger partial charge in [0.15, 0.2) is 0 Å². The number of ether oxygens (including phenoxy) is 1. The van der Waals surface area contributed by atoms with Gasteiger partial charge in [0.05, 0.1) is 18.7 Å². The predicted molar refractivity (Wildman–Crippen MR) is 118 cm³/mol. The van der Waals surface area contributed by atoms with Gasteiger partial charge in [-0.2, -0.15) is 0 Å². The van der Waals surface area contributed by atoms with E-state index in [4.69, 9.17) is 4.74 Å². The van der Waals surface area contributed by atoms with Crippen molar-refractivity contribution >= 4 is 17.4 Å². The van der Waals surface area contributed by atoms with Gasteiger partial charge in [-0.1, -0.05) is 48.5 Å². The van der Waals surface area contributed by atoms with Gasteiger partial charge in [0.1, 0.15) is 11.4 Å². The van der Waals surface area contributed by atoms with Crippen molar-refractivity contribution in [1.82, 2.24) is 4.98 Å². The number of nitrogens with zero attached hydrogens (tertiary/aromatic N) is 3. The highest BCUT2D eigenvalue weighted by atomic mass is 16.5. The van der Waals surface area contributed by atoms with E-state index in [1.165, 1.54) is 5.56 Å². The highest BCUT2D eigenvalue weighted by Gasteiger charge is 2.34. The van der Waals surface area contributed by atoms with E-state index in [2.05, 4.69) is 35.0 Å². The van der Waals surface area contributed by atoms with Crippen LogP contribution >= 0.6 is 0 Å². The average molecular weight is 399 g/mol. The van der Waals surface area contributed by atoms with E-state index in [0.717, 1.165) is 43.1 Å². The summed E-state index contributed by atoms with van der Waals surface area (Å²) in [4.78, 5) is 21.8. The molecule has 0 N–H and O–H groups in total. The first-order valence-corrected chi connectivity index (χ1v) is 10.4. The lowest BCUT2D eigenvalue weighted by Crippen LogP contribution is -2.48. The van der Waals surface area contributed by atoms with Crippen LogP contribution in [0.15, 0.2) is 72.9 Å². The molecule has 1 fully saturated rings. The predicted octanol–water partition coefficient (Wildman–Crippen LogP) is 4.04. The molecule has 5 rings (SSSR count). The van der Waals surface area contributed by atoms with E-state index in [1.54, 1.807) is 6.20 Å². The Morgan fingerprint density at radius 1 is 1.00 bits per heavy atom. The molecular formula is C25H25N3O2. The van der Waals surface area contributed by atoms with Crippen molar-refractivity contribution in [3.8, 4) is 0 Å². The van der Waals surface area contributed by atoms with Crippen molar-refractivity contribution in [2.24, 2.45) is 0 Å². The van der Waals surface area contributed by atoms with Crippen LogP contribution in [0.2, 0.25) is 0 Å². The van der Waals surface area contributed by atoms with Gasteiger partial charge >= 0.3 is 0 Å². The van der Waals surface area contributed by atoms with Crippen LogP contribution in [0.4, 0.5) is 11.5 Å². The molecule has 1 saturated heterocycles. The lowest BCUT2D eigenvalue weighted by atomic mass is 9.94. The van der Waals surface area contributed by atoms with Crippen LogP contribution in [-0.4, -0.2) is 37.1 Å². The van der Waals surface area contributed by atoms with Gasteiger partial charge in [0.25, 0.3) is 5.91 Å². The maximum absolute atomic E-state index is 13.0. The van der Waals surface area contributed by atoms with Crippen LogP contribution in [0.1, 0.15) is 28.4 Å². The number of rotatable bonds is 3. The summed E-state index contributed by atoms with van der Waals surface area (Å²) in [7, 11) is 0. The summed E-state index contributed by atoms with van der Waals surface area (Å²) in [6.07, 6.45) is 2.60. The Bertz CT molecular complexity index is 1050. The summed E-state index contributed by atoms with van der Waals surface area (Å²) in [5.41, 5.74) is 3.64. The van der Waals surface area contributed by atoms with E-state index < -0.39 is 0 Å². The summed E-state index contributed by atoms with van der Waals surface area (Å²) in [5, 5.41) is 0. The maximum atomic E-state index is 13.0. The lowest BCUT2D eigenvalue weighted by molar-refractivity contribution is -0.0468. The van der Waals surface area contributed by atoms with Gasteiger partial charge < -0.3 is 14.5 Å². The molecule has 3 heterocycles. The number of carbonyl (C=O) groups excluding carboxylic acids is 1. The molecule has 1 aromatic heterocycles. The Kier molecular flexibility index (Phi) is 4.75. The van der Waals surface area contributed by atoms with Gasteiger partial charge in [-0.05, 0) is 42.7 Å². The highest BCUT2D eigenvalue weighted by molar-refractivity contribution is 6.07.